The first-order valence-electron chi connectivity index (χ1n) is 5.51. The van der Waals surface area contributed by atoms with Crippen LogP contribution >= 0.6 is 0 Å². The summed E-state index contributed by atoms with van der Waals surface area (Å²) in [5.41, 5.74) is 0. The summed E-state index contributed by atoms with van der Waals surface area (Å²) >= 11 is 0. The zero-order valence-electron chi connectivity index (χ0n) is 9.77. The maximum absolute atomic E-state index is 11.6. The molecule has 1 N–H and O–H groups in total. The SMILES string of the molecule is COC(=O)CCS(=O)(=O)NC1CCC(=O)CC1. The molecule has 1 rings (SSSR count). The van der Waals surface area contributed by atoms with Crippen molar-refractivity contribution in [1.82, 2.24) is 4.72 Å². The molecule has 0 unspecified atom stereocenters. The van der Waals surface area contributed by atoms with Gasteiger partial charge >= 0.3 is 5.97 Å². The summed E-state index contributed by atoms with van der Waals surface area (Å²) in [5, 5.41) is 0. The molecule has 0 aliphatic heterocycles. The number of hydrogen-bond acceptors (Lipinski definition) is 5. The third kappa shape index (κ3) is 5.27. The van der Waals surface area contributed by atoms with Gasteiger partial charge < -0.3 is 4.74 Å². The van der Waals surface area contributed by atoms with Crippen LogP contribution in [0.15, 0.2) is 0 Å². The second kappa shape index (κ2) is 6.11. The van der Waals surface area contributed by atoms with Gasteiger partial charge in [0.15, 0.2) is 0 Å². The highest BCUT2D eigenvalue weighted by Crippen LogP contribution is 2.15. The molecule has 0 amide bonds. The summed E-state index contributed by atoms with van der Waals surface area (Å²) in [6.45, 7) is 0. The number of carbonyl (C=O) groups excluding carboxylic acids is 2. The van der Waals surface area contributed by atoms with Gasteiger partial charge in [-0.1, -0.05) is 0 Å². The summed E-state index contributed by atoms with van der Waals surface area (Å²) in [6.07, 6.45) is 1.76. The number of nitrogens with one attached hydrogen (secondary N) is 1. The molecule has 1 saturated carbocycles. The molecule has 6 nitrogen and oxygen atoms in total. The first-order chi connectivity index (χ1) is 7.93. The number of methoxy groups -OCH3 is 1. The fourth-order valence-corrected chi connectivity index (χ4v) is 2.99. The number of rotatable bonds is 5. The van der Waals surface area contributed by atoms with Crippen molar-refractivity contribution in [2.45, 2.75) is 38.1 Å². The number of Topliss-reactive ketones (excluding diaryl/α,β-unsaturated/α-hetero) is 1. The monoisotopic (exact) mass is 263 g/mol. The van der Waals surface area contributed by atoms with Gasteiger partial charge in [0.25, 0.3) is 0 Å². The minimum absolute atomic E-state index is 0.155. The summed E-state index contributed by atoms with van der Waals surface area (Å²) < 4.78 is 30.1. The van der Waals surface area contributed by atoms with Crippen molar-refractivity contribution in [3.05, 3.63) is 0 Å². The maximum Gasteiger partial charge on any atom is 0.306 e. The Morgan fingerprint density at radius 2 is 2.00 bits per heavy atom. The Kier molecular flexibility index (Phi) is 5.07. The van der Waals surface area contributed by atoms with Crippen LogP contribution in [-0.4, -0.2) is 39.1 Å². The lowest BCUT2D eigenvalue weighted by molar-refractivity contribution is -0.140. The fourth-order valence-electron chi connectivity index (χ4n) is 1.69. The molecule has 0 aromatic rings. The number of carbonyl (C=O) groups is 2. The Morgan fingerprint density at radius 1 is 1.41 bits per heavy atom. The van der Waals surface area contributed by atoms with Crippen molar-refractivity contribution >= 4 is 21.8 Å². The van der Waals surface area contributed by atoms with Gasteiger partial charge in [-0.15, -0.1) is 0 Å². The Morgan fingerprint density at radius 3 is 2.53 bits per heavy atom. The van der Waals surface area contributed by atoms with E-state index in [2.05, 4.69) is 9.46 Å². The van der Waals surface area contributed by atoms with Crippen LogP contribution in [0.2, 0.25) is 0 Å². The molecule has 1 aliphatic rings. The van der Waals surface area contributed by atoms with E-state index >= 15 is 0 Å². The molecule has 1 aliphatic carbocycles. The van der Waals surface area contributed by atoms with Gasteiger partial charge in [-0.2, -0.15) is 0 Å². The van der Waals surface area contributed by atoms with E-state index in [1.54, 1.807) is 0 Å². The molecule has 98 valence electrons. The van der Waals surface area contributed by atoms with E-state index < -0.39 is 16.0 Å². The standard InChI is InChI=1S/C10H17NO5S/c1-16-10(13)6-7-17(14,15)11-8-2-4-9(12)5-3-8/h8,11H,2-7H2,1H3. The Bertz CT molecular complexity index is 380. The number of ether oxygens (including phenoxy) is 1. The molecule has 0 bridgehead atoms. The quantitative estimate of drug-likeness (QED) is 0.704. The normalized spacial score (nSPS) is 18.1. The minimum atomic E-state index is -3.47. The average Bonchev–Trinajstić information content (AvgIpc) is 2.29. The molecule has 17 heavy (non-hydrogen) atoms. The topological polar surface area (TPSA) is 89.5 Å². The predicted octanol–water partition coefficient (Wildman–Crippen LogP) is -0.0194. The molecule has 7 heteroatoms. The van der Waals surface area contributed by atoms with E-state index in [4.69, 9.17) is 0 Å². The molecule has 0 atom stereocenters. The molecule has 0 saturated heterocycles. The van der Waals surface area contributed by atoms with Crippen molar-refractivity contribution in [1.29, 1.82) is 0 Å². The van der Waals surface area contributed by atoms with Crippen LogP contribution < -0.4 is 4.72 Å². The number of esters is 1. The smallest absolute Gasteiger partial charge is 0.306 e. The van der Waals surface area contributed by atoms with Crippen LogP contribution in [-0.2, 0) is 24.3 Å². The van der Waals surface area contributed by atoms with Crippen LogP contribution in [0.4, 0.5) is 0 Å². The second-order valence-electron chi connectivity index (χ2n) is 4.08. The summed E-state index contributed by atoms with van der Waals surface area (Å²) in [6, 6.07) is -0.185. The van der Waals surface area contributed by atoms with E-state index in [1.165, 1.54) is 7.11 Å². The van der Waals surface area contributed by atoms with Crippen LogP contribution in [0.5, 0.6) is 0 Å². The highest BCUT2D eigenvalue weighted by molar-refractivity contribution is 7.89. The third-order valence-corrected chi connectivity index (χ3v) is 4.13. The average molecular weight is 263 g/mol. The summed E-state index contributed by atoms with van der Waals surface area (Å²) in [4.78, 5) is 21.8. The lowest BCUT2D eigenvalue weighted by atomic mass is 9.95. The van der Waals surface area contributed by atoms with Crippen molar-refractivity contribution in [2.75, 3.05) is 12.9 Å². The lowest BCUT2D eigenvalue weighted by Crippen LogP contribution is -2.39. The Balaban J connectivity index is 2.38. The Labute approximate surface area is 101 Å². The van der Waals surface area contributed by atoms with Crippen molar-refractivity contribution in [2.24, 2.45) is 0 Å². The van der Waals surface area contributed by atoms with Crippen LogP contribution in [0.3, 0.4) is 0 Å². The zero-order valence-corrected chi connectivity index (χ0v) is 10.6. The number of ketones is 1. The summed E-state index contributed by atoms with van der Waals surface area (Å²) in [7, 11) is -2.25. The van der Waals surface area contributed by atoms with E-state index in [-0.39, 0.29) is 24.0 Å². The predicted molar refractivity (Wildman–Crippen MR) is 60.8 cm³/mol. The fraction of sp³-hybridized carbons (Fsp3) is 0.800. The lowest BCUT2D eigenvalue weighted by Gasteiger charge is -2.21. The van der Waals surface area contributed by atoms with Crippen molar-refractivity contribution in [3.8, 4) is 0 Å². The molecule has 0 spiro atoms. The van der Waals surface area contributed by atoms with Gasteiger partial charge in [0, 0.05) is 18.9 Å². The van der Waals surface area contributed by atoms with E-state index in [1.807, 2.05) is 0 Å². The second-order valence-corrected chi connectivity index (χ2v) is 5.95. The summed E-state index contributed by atoms with van der Waals surface area (Å²) in [5.74, 6) is -0.645. The maximum atomic E-state index is 11.6. The van der Waals surface area contributed by atoms with Crippen LogP contribution in [0.1, 0.15) is 32.1 Å². The molecule has 0 heterocycles. The zero-order chi connectivity index (χ0) is 12.9. The van der Waals surface area contributed by atoms with E-state index in [0.717, 1.165) is 0 Å². The van der Waals surface area contributed by atoms with Crippen molar-refractivity contribution in [3.63, 3.8) is 0 Å². The molecule has 1 fully saturated rings. The first kappa shape index (κ1) is 14.1. The highest BCUT2D eigenvalue weighted by Gasteiger charge is 2.23. The molecule has 0 aromatic carbocycles. The van der Waals surface area contributed by atoms with Gasteiger partial charge in [0.1, 0.15) is 5.78 Å². The first-order valence-corrected chi connectivity index (χ1v) is 7.16. The highest BCUT2D eigenvalue weighted by atomic mass is 32.2. The van der Waals surface area contributed by atoms with Gasteiger partial charge in [0.2, 0.25) is 10.0 Å². The van der Waals surface area contributed by atoms with Crippen molar-refractivity contribution < 1.29 is 22.7 Å². The van der Waals surface area contributed by atoms with Gasteiger partial charge in [-0.25, -0.2) is 13.1 Å². The van der Waals surface area contributed by atoms with Gasteiger partial charge in [-0.05, 0) is 12.8 Å². The largest absolute Gasteiger partial charge is 0.469 e. The Hall–Kier alpha value is -0.950. The van der Waals surface area contributed by atoms with Crippen LogP contribution in [0, 0.1) is 0 Å². The van der Waals surface area contributed by atoms with E-state index in [9.17, 15) is 18.0 Å². The molecular weight excluding hydrogens is 246 g/mol. The van der Waals surface area contributed by atoms with Crippen LogP contribution in [0.25, 0.3) is 0 Å². The molecule has 0 aromatic heterocycles. The molecule has 0 radical (unpaired) electrons. The molecular formula is C10H17NO5S. The third-order valence-electron chi connectivity index (χ3n) is 2.69. The van der Waals surface area contributed by atoms with E-state index in [0.29, 0.717) is 25.7 Å². The van der Waals surface area contributed by atoms with Gasteiger partial charge in [0.05, 0.1) is 19.3 Å². The minimum Gasteiger partial charge on any atom is -0.469 e. The number of hydrogen-bond donors (Lipinski definition) is 1. The van der Waals surface area contributed by atoms with Gasteiger partial charge in [-0.3, -0.25) is 9.59 Å². The number of sulfonamides is 1.